The molecule has 0 aliphatic carbocycles. The van der Waals surface area contributed by atoms with Crippen LogP contribution in [0.1, 0.15) is 16.8 Å². The van der Waals surface area contributed by atoms with Gasteiger partial charge in [0, 0.05) is 25.7 Å². The van der Waals surface area contributed by atoms with Crippen LogP contribution in [-0.4, -0.2) is 63.9 Å². The van der Waals surface area contributed by atoms with Crippen molar-refractivity contribution in [2.45, 2.75) is 18.6 Å². The molecule has 7 nitrogen and oxygen atoms in total. The summed E-state index contributed by atoms with van der Waals surface area (Å²) in [5, 5.41) is 9.81. The number of benzene rings is 2. The fourth-order valence-corrected chi connectivity index (χ4v) is 4.08. The van der Waals surface area contributed by atoms with Gasteiger partial charge in [0.15, 0.2) is 0 Å². The van der Waals surface area contributed by atoms with E-state index < -0.39 is 0 Å². The van der Waals surface area contributed by atoms with E-state index in [1.54, 1.807) is 4.90 Å². The van der Waals surface area contributed by atoms with Crippen molar-refractivity contribution in [2.75, 3.05) is 31.1 Å². The van der Waals surface area contributed by atoms with E-state index in [4.69, 9.17) is 9.72 Å². The second-order valence-corrected chi connectivity index (χ2v) is 7.83. The van der Waals surface area contributed by atoms with Crippen molar-refractivity contribution in [3.63, 3.8) is 0 Å². The van der Waals surface area contributed by atoms with Gasteiger partial charge in [0.25, 0.3) is 5.91 Å². The van der Waals surface area contributed by atoms with Crippen LogP contribution in [0.3, 0.4) is 0 Å². The summed E-state index contributed by atoms with van der Waals surface area (Å²) >= 11 is 0. The molecular formula is C22H24N4O3. The summed E-state index contributed by atoms with van der Waals surface area (Å²) in [5.41, 5.74) is 2.42. The third kappa shape index (κ3) is 3.31. The predicted molar refractivity (Wildman–Crippen MR) is 110 cm³/mol. The zero-order valence-electron chi connectivity index (χ0n) is 16.4. The lowest BCUT2D eigenvalue weighted by Crippen LogP contribution is -2.56. The summed E-state index contributed by atoms with van der Waals surface area (Å²) < 4.78 is 7.91. The van der Waals surface area contributed by atoms with E-state index in [2.05, 4.69) is 4.90 Å². The van der Waals surface area contributed by atoms with Crippen molar-refractivity contribution < 1.29 is 14.6 Å². The summed E-state index contributed by atoms with van der Waals surface area (Å²) in [6.45, 7) is 2.57. The maximum Gasteiger partial charge on any atom is 0.254 e. The highest BCUT2D eigenvalue weighted by molar-refractivity contribution is 5.98. The van der Waals surface area contributed by atoms with Crippen LogP contribution in [-0.2, 0) is 7.05 Å². The maximum absolute atomic E-state index is 12.9. The van der Waals surface area contributed by atoms with Crippen LogP contribution in [0, 0.1) is 0 Å². The largest absolute Gasteiger partial charge is 0.487 e. The molecule has 5 rings (SSSR count). The highest BCUT2D eigenvalue weighted by Crippen LogP contribution is 2.26. The van der Waals surface area contributed by atoms with E-state index >= 15 is 0 Å². The lowest BCUT2D eigenvalue weighted by Gasteiger charge is -2.39. The van der Waals surface area contributed by atoms with Gasteiger partial charge in [0.2, 0.25) is 5.95 Å². The molecule has 0 spiro atoms. The van der Waals surface area contributed by atoms with E-state index in [1.807, 2.05) is 60.1 Å². The van der Waals surface area contributed by atoms with Crippen LogP contribution >= 0.6 is 0 Å². The number of likely N-dealkylation sites (tertiary alicyclic amines) is 1. The van der Waals surface area contributed by atoms with Crippen molar-refractivity contribution in [3.8, 4) is 5.75 Å². The topological polar surface area (TPSA) is 70.8 Å². The minimum Gasteiger partial charge on any atom is -0.487 e. The Morgan fingerprint density at radius 2 is 1.93 bits per heavy atom. The molecule has 29 heavy (non-hydrogen) atoms. The lowest BCUT2D eigenvalue weighted by molar-refractivity contribution is 0.0178. The van der Waals surface area contributed by atoms with Crippen LogP contribution in [0.4, 0.5) is 5.95 Å². The molecule has 0 radical (unpaired) electrons. The number of anilines is 1. The third-order valence-electron chi connectivity index (χ3n) is 5.73. The van der Waals surface area contributed by atoms with Gasteiger partial charge < -0.3 is 24.2 Å². The van der Waals surface area contributed by atoms with Gasteiger partial charge in [-0.15, -0.1) is 0 Å². The monoisotopic (exact) mass is 392 g/mol. The molecule has 150 valence electrons. The first-order valence-electron chi connectivity index (χ1n) is 9.99. The standard InChI is InChI=1S/C22H24N4O3/c1-24-20-8-7-15(11-19(20)23-22(24)25-10-9-16(27)12-25)21(28)26-13-18(14-26)29-17-5-3-2-4-6-17/h2-8,11,16,18,27H,9-10,12-14H2,1H3. The van der Waals surface area contributed by atoms with E-state index in [0.29, 0.717) is 25.2 Å². The van der Waals surface area contributed by atoms with Crippen LogP contribution in [0.2, 0.25) is 0 Å². The Morgan fingerprint density at radius 1 is 1.14 bits per heavy atom. The highest BCUT2D eigenvalue weighted by atomic mass is 16.5. The van der Waals surface area contributed by atoms with Crippen molar-refractivity contribution in [3.05, 3.63) is 54.1 Å². The molecule has 3 aromatic rings. The second kappa shape index (κ2) is 7.08. The molecule has 0 bridgehead atoms. The predicted octanol–water partition coefficient (Wildman–Crippen LogP) is 2.05. The van der Waals surface area contributed by atoms with Crippen LogP contribution < -0.4 is 9.64 Å². The number of ether oxygens (including phenoxy) is 1. The van der Waals surface area contributed by atoms with Gasteiger partial charge in [-0.1, -0.05) is 18.2 Å². The fourth-order valence-electron chi connectivity index (χ4n) is 4.08. The Morgan fingerprint density at radius 3 is 2.66 bits per heavy atom. The molecular weight excluding hydrogens is 368 g/mol. The number of para-hydroxylation sites is 1. The zero-order valence-corrected chi connectivity index (χ0v) is 16.4. The zero-order chi connectivity index (χ0) is 20.0. The number of aliphatic hydroxyl groups excluding tert-OH is 1. The van der Waals surface area contributed by atoms with Crippen molar-refractivity contribution in [1.82, 2.24) is 14.5 Å². The van der Waals surface area contributed by atoms with E-state index in [-0.39, 0.29) is 18.1 Å². The molecule has 3 heterocycles. The number of β-amino-alcohol motifs (C(OH)–C–C–N with tert-alkyl or cyclic N) is 1. The van der Waals surface area contributed by atoms with Gasteiger partial charge in [-0.05, 0) is 36.8 Å². The maximum atomic E-state index is 12.9. The molecule has 2 aromatic carbocycles. The number of hydrogen-bond acceptors (Lipinski definition) is 5. The van der Waals surface area contributed by atoms with Gasteiger partial charge in [-0.3, -0.25) is 4.79 Å². The molecule has 1 amide bonds. The Labute approximate surface area is 169 Å². The number of carbonyl (C=O) groups excluding carboxylic acids is 1. The number of aliphatic hydroxyl groups is 1. The normalized spacial score (nSPS) is 19.6. The Hall–Kier alpha value is -3.06. The molecule has 0 saturated carbocycles. The summed E-state index contributed by atoms with van der Waals surface area (Å²) in [4.78, 5) is 21.5. The van der Waals surface area contributed by atoms with Gasteiger partial charge in [-0.25, -0.2) is 4.98 Å². The van der Waals surface area contributed by atoms with Crippen LogP contribution in [0.15, 0.2) is 48.5 Å². The number of carbonyl (C=O) groups is 1. The van der Waals surface area contributed by atoms with Crippen molar-refractivity contribution >= 4 is 22.9 Å². The van der Waals surface area contributed by atoms with E-state index in [1.165, 1.54) is 0 Å². The number of fused-ring (bicyclic) bond motifs is 1. The molecule has 2 fully saturated rings. The number of hydrogen-bond donors (Lipinski definition) is 1. The average Bonchev–Trinajstić information content (AvgIpc) is 3.27. The Kier molecular flexibility index (Phi) is 4.39. The summed E-state index contributed by atoms with van der Waals surface area (Å²) in [5.74, 6) is 1.67. The first-order valence-corrected chi connectivity index (χ1v) is 9.99. The van der Waals surface area contributed by atoms with Gasteiger partial charge in [-0.2, -0.15) is 0 Å². The van der Waals surface area contributed by atoms with Gasteiger partial charge in [0.1, 0.15) is 11.9 Å². The average molecular weight is 392 g/mol. The number of imidazole rings is 1. The van der Waals surface area contributed by atoms with Crippen molar-refractivity contribution in [1.29, 1.82) is 0 Å². The Balaban J connectivity index is 1.29. The van der Waals surface area contributed by atoms with Crippen molar-refractivity contribution in [2.24, 2.45) is 7.05 Å². The molecule has 1 unspecified atom stereocenters. The highest BCUT2D eigenvalue weighted by Gasteiger charge is 2.33. The first kappa shape index (κ1) is 18.0. The summed E-state index contributed by atoms with van der Waals surface area (Å²) in [6.07, 6.45) is 0.492. The quantitative estimate of drug-likeness (QED) is 0.736. The Bertz CT molecular complexity index is 1040. The summed E-state index contributed by atoms with van der Waals surface area (Å²) in [7, 11) is 1.97. The number of amides is 1. The lowest BCUT2D eigenvalue weighted by atomic mass is 10.1. The molecule has 1 aromatic heterocycles. The number of nitrogens with zero attached hydrogens (tertiary/aromatic N) is 4. The minimum absolute atomic E-state index is 0.00334. The first-order chi connectivity index (χ1) is 14.1. The molecule has 2 aliphatic rings. The molecule has 2 aliphatic heterocycles. The summed E-state index contributed by atoms with van der Waals surface area (Å²) in [6, 6.07) is 15.4. The number of aromatic nitrogens is 2. The fraction of sp³-hybridized carbons (Fsp3) is 0.364. The SMILES string of the molecule is Cn1c(N2CCC(O)C2)nc2cc(C(=O)N3CC(Oc4ccccc4)C3)ccc21. The minimum atomic E-state index is -0.301. The second-order valence-electron chi connectivity index (χ2n) is 7.83. The number of aryl methyl sites for hydroxylation is 1. The molecule has 1 atom stereocenters. The number of rotatable bonds is 4. The molecule has 7 heteroatoms. The van der Waals surface area contributed by atoms with Gasteiger partial charge >= 0.3 is 0 Å². The van der Waals surface area contributed by atoms with Gasteiger partial charge in [0.05, 0.1) is 30.2 Å². The molecule has 2 saturated heterocycles. The van der Waals surface area contributed by atoms with Crippen LogP contribution in [0.25, 0.3) is 11.0 Å². The third-order valence-corrected chi connectivity index (χ3v) is 5.73. The molecule has 1 N–H and O–H groups in total. The van der Waals surface area contributed by atoms with Crippen LogP contribution in [0.5, 0.6) is 5.75 Å². The smallest absolute Gasteiger partial charge is 0.254 e. The van der Waals surface area contributed by atoms with E-state index in [9.17, 15) is 9.90 Å². The van der Waals surface area contributed by atoms with E-state index in [0.717, 1.165) is 35.7 Å².